The van der Waals surface area contributed by atoms with Gasteiger partial charge in [-0.1, -0.05) is 6.07 Å². The van der Waals surface area contributed by atoms with Crippen LogP contribution in [0.4, 0.5) is 9.59 Å². The molecule has 2 amide bonds. The molecule has 0 bridgehead atoms. The lowest BCUT2D eigenvalue weighted by molar-refractivity contribution is 0.0503. The van der Waals surface area contributed by atoms with Crippen molar-refractivity contribution in [2.24, 2.45) is 0 Å². The second-order valence-electron chi connectivity index (χ2n) is 6.86. The zero-order chi connectivity index (χ0) is 17.2. The molecule has 0 radical (unpaired) electrons. The summed E-state index contributed by atoms with van der Waals surface area (Å²) in [6.45, 7) is 5.48. The van der Waals surface area contributed by atoms with Gasteiger partial charge in [0, 0.05) is 14.1 Å². The maximum atomic E-state index is 12.0. The van der Waals surface area contributed by atoms with E-state index in [0.717, 1.165) is 24.0 Å². The van der Waals surface area contributed by atoms with E-state index < -0.39 is 17.8 Å². The molecular weight excluding hydrogens is 296 g/mol. The number of hydrogen-bond donors (Lipinski definition) is 1. The molecule has 0 saturated carbocycles. The number of benzene rings is 1. The van der Waals surface area contributed by atoms with Crippen molar-refractivity contribution >= 4 is 12.2 Å². The third kappa shape index (κ3) is 4.61. The van der Waals surface area contributed by atoms with E-state index in [0.29, 0.717) is 5.75 Å². The molecule has 1 atom stereocenters. The van der Waals surface area contributed by atoms with Crippen LogP contribution in [0.5, 0.6) is 5.75 Å². The molecule has 0 heterocycles. The third-order valence-corrected chi connectivity index (χ3v) is 3.46. The van der Waals surface area contributed by atoms with E-state index in [9.17, 15) is 9.59 Å². The topological polar surface area (TPSA) is 67.9 Å². The molecule has 126 valence electrons. The van der Waals surface area contributed by atoms with E-state index in [1.165, 1.54) is 4.90 Å². The Morgan fingerprint density at radius 2 is 1.96 bits per heavy atom. The van der Waals surface area contributed by atoms with Crippen molar-refractivity contribution in [2.45, 2.75) is 45.3 Å². The number of alkyl carbamates (subject to hydrolysis) is 1. The van der Waals surface area contributed by atoms with Gasteiger partial charge in [0.15, 0.2) is 0 Å². The van der Waals surface area contributed by atoms with Crippen LogP contribution in [0, 0.1) is 0 Å². The van der Waals surface area contributed by atoms with Gasteiger partial charge in [0.05, 0.1) is 6.04 Å². The van der Waals surface area contributed by atoms with Crippen LogP contribution in [-0.4, -0.2) is 36.8 Å². The molecule has 0 fully saturated rings. The van der Waals surface area contributed by atoms with Crippen molar-refractivity contribution in [3.63, 3.8) is 0 Å². The number of fused-ring (bicyclic) bond motifs is 1. The molecule has 0 aromatic heterocycles. The molecule has 1 aliphatic carbocycles. The van der Waals surface area contributed by atoms with Crippen LogP contribution < -0.4 is 10.1 Å². The first-order valence-corrected chi connectivity index (χ1v) is 7.67. The van der Waals surface area contributed by atoms with Crippen LogP contribution in [0.3, 0.4) is 0 Å². The molecule has 6 nitrogen and oxygen atoms in total. The van der Waals surface area contributed by atoms with Crippen molar-refractivity contribution in [1.82, 2.24) is 10.2 Å². The maximum Gasteiger partial charge on any atom is 0.414 e. The van der Waals surface area contributed by atoms with E-state index in [1.807, 2.05) is 32.9 Å². The van der Waals surface area contributed by atoms with E-state index in [2.05, 4.69) is 5.32 Å². The standard InChI is InChI=1S/C17H24N2O4/c1-17(2,3)23-15(20)18-14-9-7-11-6-8-12(10-13(11)14)22-16(21)19(4)5/h6,8,10,14H,7,9H2,1-5H3,(H,18,20). The average molecular weight is 320 g/mol. The van der Waals surface area contributed by atoms with Crippen molar-refractivity contribution in [1.29, 1.82) is 0 Å². The quantitative estimate of drug-likeness (QED) is 0.908. The number of ether oxygens (including phenoxy) is 2. The number of carbonyl (C=O) groups excluding carboxylic acids is 2. The molecule has 1 N–H and O–H groups in total. The molecule has 0 saturated heterocycles. The summed E-state index contributed by atoms with van der Waals surface area (Å²) < 4.78 is 10.6. The molecule has 1 aliphatic rings. The SMILES string of the molecule is CN(C)C(=O)Oc1ccc2c(c1)C(NC(=O)OC(C)(C)C)CC2. The molecule has 1 aromatic rings. The number of nitrogens with zero attached hydrogens (tertiary/aromatic N) is 1. The second-order valence-corrected chi connectivity index (χ2v) is 6.86. The second kappa shape index (κ2) is 6.48. The highest BCUT2D eigenvalue weighted by Crippen LogP contribution is 2.34. The summed E-state index contributed by atoms with van der Waals surface area (Å²) >= 11 is 0. The number of carbonyl (C=O) groups is 2. The molecule has 6 heteroatoms. The van der Waals surface area contributed by atoms with E-state index in [1.54, 1.807) is 20.2 Å². The predicted molar refractivity (Wildman–Crippen MR) is 86.6 cm³/mol. The fraction of sp³-hybridized carbons (Fsp3) is 0.529. The van der Waals surface area contributed by atoms with Gasteiger partial charge in [0.1, 0.15) is 11.4 Å². The first-order valence-electron chi connectivity index (χ1n) is 7.67. The largest absolute Gasteiger partial charge is 0.444 e. The molecule has 0 aliphatic heterocycles. The smallest absolute Gasteiger partial charge is 0.414 e. The van der Waals surface area contributed by atoms with Gasteiger partial charge in [-0.25, -0.2) is 9.59 Å². The predicted octanol–water partition coefficient (Wildman–Crippen LogP) is 3.26. The third-order valence-electron chi connectivity index (χ3n) is 3.46. The van der Waals surface area contributed by atoms with Crippen LogP contribution in [0.15, 0.2) is 18.2 Å². The zero-order valence-electron chi connectivity index (χ0n) is 14.3. The Bertz CT molecular complexity index is 605. The Labute approximate surface area is 136 Å². The van der Waals surface area contributed by atoms with E-state index >= 15 is 0 Å². The number of aryl methyl sites for hydroxylation is 1. The van der Waals surface area contributed by atoms with Crippen molar-refractivity contribution in [3.05, 3.63) is 29.3 Å². The van der Waals surface area contributed by atoms with Gasteiger partial charge in [0.25, 0.3) is 0 Å². The van der Waals surface area contributed by atoms with E-state index in [4.69, 9.17) is 9.47 Å². The summed E-state index contributed by atoms with van der Waals surface area (Å²) in [5.74, 6) is 0.473. The molecule has 23 heavy (non-hydrogen) atoms. The molecular formula is C17H24N2O4. The Morgan fingerprint density at radius 1 is 1.26 bits per heavy atom. The summed E-state index contributed by atoms with van der Waals surface area (Å²) in [6.07, 6.45) is 0.808. The van der Waals surface area contributed by atoms with Gasteiger partial charge in [-0.2, -0.15) is 0 Å². The number of rotatable bonds is 2. The Hall–Kier alpha value is -2.24. The molecule has 0 spiro atoms. The summed E-state index contributed by atoms with van der Waals surface area (Å²) in [5.41, 5.74) is 1.59. The van der Waals surface area contributed by atoms with Gasteiger partial charge in [-0.3, -0.25) is 0 Å². The summed E-state index contributed by atoms with van der Waals surface area (Å²) in [5, 5.41) is 2.88. The van der Waals surface area contributed by atoms with Crippen LogP contribution >= 0.6 is 0 Å². The minimum Gasteiger partial charge on any atom is -0.444 e. The van der Waals surface area contributed by atoms with Gasteiger partial charge in [0.2, 0.25) is 0 Å². The fourth-order valence-corrected chi connectivity index (χ4v) is 2.44. The minimum atomic E-state index is -0.533. The van der Waals surface area contributed by atoms with Crippen molar-refractivity contribution in [2.75, 3.05) is 14.1 Å². The van der Waals surface area contributed by atoms with E-state index in [-0.39, 0.29) is 6.04 Å². The lowest BCUT2D eigenvalue weighted by Crippen LogP contribution is -2.34. The zero-order valence-corrected chi connectivity index (χ0v) is 14.3. The molecule has 1 unspecified atom stereocenters. The first-order chi connectivity index (χ1) is 10.7. The van der Waals surface area contributed by atoms with Gasteiger partial charge < -0.3 is 19.7 Å². The summed E-state index contributed by atoms with van der Waals surface area (Å²) in [6, 6.07) is 5.39. The average Bonchev–Trinajstić information content (AvgIpc) is 2.79. The lowest BCUT2D eigenvalue weighted by atomic mass is 10.1. The van der Waals surface area contributed by atoms with Crippen LogP contribution in [0.25, 0.3) is 0 Å². The van der Waals surface area contributed by atoms with Crippen molar-refractivity contribution in [3.8, 4) is 5.75 Å². The fourth-order valence-electron chi connectivity index (χ4n) is 2.44. The molecule has 2 rings (SSSR count). The highest BCUT2D eigenvalue weighted by molar-refractivity contribution is 5.71. The van der Waals surface area contributed by atoms with Gasteiger partial charge in [-0.05, 0) is 56.9 Å². The summed E-state index contributed by atoms with van der Waals surface area (Å²) in [7, 11) is 3.26. The molecule has 1 aromatic carbocycles. The first kappa shape index (κ1) is 17.1. The van der Waals surface area contributed by atoms with Crippen LogP contribution in [0.2, 0.25) is 0 Å². The van der Waals surface area contributed by atoms with Crippen molar-refractivity contribution < 1.29 is 19.1 Å². The van der Waals surface area contributed by atoms with Crippen LogP contribution in [-0.2, 0) is 11.2 Å². The highest BCUT2D eigenvalue weighted by Gasteiger charge is 2.27. The van der Waals surface area contributed by atoms with Gasteiger partial charge in [-0.15, -0.1) is 0 Å². The normalized spacial score (nSPS) is 16.5. The maximum absolute atomic E-state index is 12.0. The Morgan fingerprint density at radius 3 is 2.57 bits per heavy atom. The van der Waals surface area contributed by atoms with Gasteiger partial charge >= 0.3 is 12.2 Å². The summed E-state index contributed by atoms with van der Waals surface area (Å²) in [4.78, 5) is 25.0. The monoisotopic (exact) mass is 320 g/mol. The number of nitrogens with one attached hydrogen (secondary N) is 1. The lowest BCUT2D eigenvalue weighted by Gasteiger charge is -2.22. The number of hydrogen-bond acceptors (Lipinski definition) is 4. The minimum absolute atomic E-state index is 0.127. The Balaban J connectivity index is 2.09. The number of amides is 2. The van der Waals surface area contributed by atoms with Crippen LogP contribution in [0.1, 0.15) is 44.4 Å². The Kier molecular flexibility index (Phi) is 4.82. The highest BCUT2D eigenvalue weighted by atomic mass is 16.6.